The summed E-state index contributed by atoms with van der Waals surface area (Å²) in [7, 11) is 1.57. The predicted molar refractivity (Wildman–Crippen MR) is 108 cm³/mol. The number of methoxy groups -OCH3 is 1. The number of ketones is 1. The fourth-order valence-electron chi connectivity index (χ4n) is 3.28. The van der Waals surface area contributed by atoms with E-state index in [1.165, 1.54) is 4.90 Å². The molecule has 0 bridgehead atoms. The molecule has 7 heteroatoms. The van der Waals surface area contributed by atoms with E-state index in [2.05, 4.69) is 0 Å². The van der Waals surface area contributed by atoms with Gasteiger partial charge in [0.1, 0.15) is 5.76 Å². The molecule has 1 heterocycles. The normalized spacial score (nSPS) is 18.7. The number of carbonyl (C=O) groups excluding carboxylic acids is 2. The van der Waals surface area contributed by atoms with Gasteiger partial charge >= 0.3 is 0 Å². The molecule has 1 unspecified atom stereocenters. The van der Waals surface area contributed by atoms with E-state index in [9.17, 15) is 14.7 Å². The van der Waals surface area contributed by atoms with Crippen LogP contribution >= 0.6 is 23.2 Å². The Kier molecular flexibility index (Phi) is 6.39. The second kappa shape index (κ2) is 8.78. The van der Waals surface area contributed by atoms with Crippen molar-refractivity contribution in [3.05, 3.63) is 75.3 Å². The number of halogens is 2. The van der Waals surface area contributed by atoms with Gasteiger partial charge in [0.05, 0.1) is 11.6 Å². The Morgan fingerprint density at radius 3 is 2.46 bits per heavy atom. The average molecular weight is 420 g/mol. The number of likely N-dealkylation sites (tertiary alicyclic amines) is 1. The van der Waals surface area contributed by atoms with Crippen molar-refractivity contribution in [2.24, 2.45) is 0 Å². The monoisotopic (exact) mass is 419 g/mol. The lowest BCUT2D eigenvalue weighted by molar-refractivity contribution is -0.140. The third-order valence-electron chi connectivity index (χ3n) is 4.57. The van der Waals surface area contributed by atoms with Crippen LogP contribution in [0.4, 0.5) is 0 Å². The molecule has 3 rings (SSSR count). The van der Waals surface area contributed by atoms with Crippen LogP contribution in [0, 0.1) is 0 Å². The van der Waals surface area contributed by atoms with Crippen molar-refractivity contribution in [2.75, 3.05) is 20.3 Å². The van der Waals surface area contributed by atoms with E-state index in [4.69, 9.17) is 27.9 Å². The van der Waals surface area contributed by atoms with Crippen LogP contribution in [-0.4, -0.2) is 42.0 Å². The van der Waals surface area contributed by atoms with Crippen LogP contribution in [0.25, 0.3) is 5.76 Å². The van der Waals surface area contributed by atoms with Crippen molar-refractivity contribution < 1.29 is 19.4 Å². The molecule has 0 aliphatic carbocycles. The van der Waals surface area contributed by atoms with E-state index >= 15 is 0 Å². The quantitative estimate of drug-likeness (QED) is 0.325. The number of carbonyl (C=O) groups is 2. The first-order chi connectivity index (χ1) is 13.4. The van der Waals surface area contributed by atoms with E-state index < -0.39 is 17.7 Å². The Balaban J connectivity index is 2.12. The van der Waals surface area contributed by atoms with Gasteiger partial charge in [0.15, 0.2) is 0 Å². The second-order valence-corrected chi connectivity index (χ2v) is 7.27. The lowest BCUT2D eigenvalue weighted by atomic mass is 9.95. The summed E-state index contributed by atoms with van der Waals surface area (Å²) in [5.74, 6) is -1.62. The lowest BCUT2D eigenvalue weighted by Crippen LogP contribution is -2.31. The summed E-state index contributed by atoms with van der Waals surface area (Å²) in [6, 6.07) is 12.6. The summed E-state index contributed by atoms with van der Waals surface area (Å²) >= 11 is 12.0. The maximum absolute atomic E-state index is 12.8. The number of nitrogens with zero attached hydrogens (tertiary/aromatic N) is 1. The van der Waals surface area contributed by atoms with Crippen LogP contribution in [0.5, 0.6) is 0 Å². The average Bonchev–Trinajstić information content (AvgIpc) is 2.93. The molecule has 1 fully saturated rings. The molecule has 0 radical (unpaired) electrons. The molecule has 28 heavy (non-hydrogen) atoms. The molecule has 1 atom stereocenters. The highest BCUT2D eigenvalue weighted by Crippen LogP contribution is 2.40. The minimum Gasteiger partial charge on any atom is -0.507 e. The largest absolute Gasteiger partial charge is 0.507 e. The topological polar surface area (TPSA) is 66.8 Å². The van der Waals surface area contributed by atoms with E-state index in [1.54, 1.807) is 55.6 Å². The van der Waals surface area contributed by atoms with Gasteiger partial charge in [-0.05, 0) is 48.4 Å². The summed E-state index contributed by atoms with van der Waals surface area (Å²) < 4.78 is 5.06. The SMILES string of the molecule is COCCCN1C(=O)C(=O)/C(=C(/O)c2ccc(Cl)cc2)C1c1cccc(Cl)c1. The number of aliphatic hydroxyl groups excluding tert-OH is 1. The maximum atomic E-state index is 12.8. The summed E-state index contributed by atoms with van der Waals surface area (Å²) in [6.45, 7) is 0.759. The molecule has 1 saturated heterocycles. The van der Waals surface area contributed by atoms with Crippen LogP contribution in [0.15, 0.2) is 54.1 Å². The molecule has 0 spiro atoms. The van der Waals surface area contributed by atoms with Crippen molar-refractivity contribution in [2.45, 2.75) is 12.5 Å². The van der Waals surface area contributed by atoms with Crippen LogP contribution in [0.2, 0.25) is 10.0 Å². The second-order valence-electron chi connectivity index (χ2n) is 6.40. The molecule has 0 aromatic heterocycles. The highest BCUT2D eigenvalue weighted by Gasteiger charge is 2.45. The Hall–Kier alpha value is -2.34. The van der Waals surface area contributed by atoms with Crippen molar-refractivity contribution in [1.82, 2.24) is 4.90 Å². The smallest absolute Gasteiger partial charge is 0.295 e. The van der Waals surface area contributed by atoms with E-state index in [0.717, 1.165) is 0 Å². The number of rotatable bonds is 6. The Morgan fingerprint density at radius 2 is 1.82 bits per heavy atom. The molecule has 1 N–H and O–H groups in total. The van der Waals surface area contributed by atoms with Gasteiger partial charge in [-0.3, -0.25) is 9.59 Å². The molecular weight excluding hydrogens is 401 g/mol. The Bertz CT molecular complexity index is 924. The molecule has 5 nitrogen and oxygen atoms in total. The van der Waals surface area contributed by atoms with Gasteiger partial charge in [0.25, 0.3) is 11.7 Å². The summed E-state index contributed by atoms with van der Waals surface area (Å²) in [5.41, 5.74) is 1.10. The number of ether oxygens (including phenoxy) is 1. The van der Waals surface area contributed by atoms with E-state index in [-0.39, 0.29) is 11.3 Å². The molecule has 2 aromatic carbocycles. The number of amides is 1. The minimum absolute atomic E-state index is 0.0343. The number of aliphatic hydroxyl groups is 1. The van der Waals surface area contributed by atoms with Gasteiger partial charge in [0.2, 0.25) is 0 Å². The molecule has 1 aliphatic heterocycles. The molecular formula is C21H19Cl2NO4. The lowest BCUT2D eigenvalue weighted by Gasteiger charge is -2.25. The zero-order valence-corrected chi connectivity index (χ0v) is 16.7. The zero-order chi connectivity index (χ0) is 20.3. The molecule has 146 valence electrons. The van der Waals surface area contributed by atoms with Crippen LogP contribution in [-0.2, 0) is 14.3 Å². The number of hydrogen-bond donors (Lipinski definition) is 1. The first-order valence-electron chi connectivity index (χ1n) is 8.72. The molecule has 2 aromatic rings. The van der Waals surface area contributed by atoms with Crippen molar-refractivity contribution in [1.29, 1.82) is 0 Å². The standard InChI is InChI=1S/C21H19Cl2NO4/c1-28-11-3-10-24-18(14-4-2-5-16(23)12-14)17(20(26)21(24)27)19(25)13-6-8-15(22)9-7-13/h2,4-9,12,18,25H,3,10-11H2,1H3/b19-17+. The highest BCUT2D eigenvalue weighted by atomic mass is 35.5. The van der Waals surface area contributed by atoms with Gasteiger partial charge in [-0.15, -0.1) is 0 Å². The van der Waals surface area contributed by atoms with Gasteiger partial charge in [-0.25, -0.2) is 0 Å². The third-order valence-corrected chi connectivity index (χ3v) is 5.06. The van der Waals surface area contributed by atoms with E-state index in [1.807, 2.05) is 0 Å². The third kappa shape index (κ3) is 4.07. The van der Waals surface area contributed by atoms with Crippen molar-refractivity contribution in [3.8, 4) is 0 Å². The summed E-state index contributed by atoms with van der Waals surface area (Å²) in [4.78, 5) is 27.0. The first-order valence-corrected chi connectivity index (χ1v) is 9.48. The van der Waals surface area contributed by atoms with Crippen LogP contribution < -0.4 is 0 Å². The van der Waals surface area contributed by atoms with Crippen LogP contribution in [0.3, 0.4) is 0 Å². The number of Topliss-reactive ketones (excluding diaryl/α,β-unsaturated/α-hetero) is 1. The number of hydrogen-bond acceptors (Lipinski definition) is 4. The number of benzene rings is 2. The van der Waals surface area contributed by atoms with E-state index in [0.29, 0.717) is 40.7 Å². The fraction of sp³-hybridized carbons (Fsp3) is 0.238. The fourth-order valence-corrected chi connectivity index (χ4v) is 3.60. The van der Waals surface area contributed by atoms with Gasteiger partial charge < -0.3 is 14.7 Å². The van der Waals surface area contributed by atoms with Gasteiger partial charge in [-0.2, -0.15) is 0 Å². The van der Waals surface area contributed by atoms with Crippen molar-refractivity contribution >= 4 is 40.7 Å². The first kappa shape index (κ1) is 20.4. The summed E-state index contributed by atoms with van der Waals surface area (Å²) in [6.07, 6.45) is 0.557. The van der Waals surface area contributed by atoms with Crippen molar-refractivity contribution in [3.63, 3.8) is 0 Å². The minimum atomic E-state index is -0.730. The highest BCUT2D eigenvalue weighted by molar-refractivity contribution is 6.46. The predicted octanol–water partition coefficient (Wildman–Crippen LogP) is 4.45. The van der Waals surface area contributed by atoms with Crippen LogP contribution in [0.1, 0.15) is 23.6 Å². The molecule has 0 saturated carbocycles. The summed E-state index contributed by atoms with van der Waals surface area (Å²) in [5, 5.41) is 11.8. The molecule has 1 amide bonds. The maximum Gasteiger partial charge on any atom is 0.295 e. The van der Waals surface area contributed by atoms with Gasteiger partial charge in [0, 0.05) is 35.9 Å². The molecule has 1 aliphatic rings. The Labute approximate surface area is 173 Å². The zero-order valence-electron chi connectivity index (χ0n) is 15.2. The van der Waals surface area contributed by atoms with Gasteiger partial charge in [-0.1, -0.05) is 35.3 Å². The Morgan fingerprint density at radius 1 is 1.11 bits per heavy atom.